The minimum atomic E-state index is -1.01. The Kier molecular flexibility index (Phi) is 6.52. The maximum atomic E-state index is 11.6. The summed E-state index contributed by atoms with van der Waals surface area (Å²) in [4.78, 5) is 22.6. The number of ether oxygens (including phenoxy) is 1. The summed E-state index contributed by atoms with van der Waals surface area (Å²) in [6, 6.07) is 4.41. The van der Waals surface area contributed by atoms with Crippen molar-refractivity contribution < 1.29 is 19.4 Å². The molecule has 20 heavy (non-hydrogen) atoms. The summed E-state index contributed by atoms with van der Waals surface area (Å²) in [6.07, 6.45) is 0.732. The molecule has 6 heteroatoms. The summed E-state index contributed by atoms with van der Waals surface area (Å²) in [6.45, 7) is 5.39. The normalized spacial score (nSPS) is 10.1. The van der Waals surface area contributed by atoms with Crippen LogP contribution in [0.15, 0.2) is 18.2 Å². The molecule has 0 spiro atoms. The van der Waals surface area contributed by atoms with Crippen molar-refractivity contribution in [2.24, 2.45) is 0 Å². The first-order valence-electron chi connectivity index (χ1n) is 6.51. The van der Waals surface area contributed by atoms with E-state index in [0.717, 1.165) is 6.42 Å². The summed E-state index contributed by atoms with van der Waals surface area (Å²) in [5.74, 6) is -1.01. The second-order valence-electron chi connectivity index (χ2n) is 4.27. The van der Waals surface area contributed by atoms with Gasteiger partial charge in [-0.25, -0.2) is 9.59 Å². The molecule has 0 aromatic heterocycles. The van der Waals surface area contributed by atoms with E-state index < -0.39 is 5.97 Å². The van der Waals surface area contributed by atoms with Gasteiger partial charge in [0.15, 0.2) is 0 Å². The van der Waals surface area contributed by atoms with E-state index in [2.05, 4.69) is 10.6 Å². The lowest BCUT2D eigenvalue weighted by atomic mass is 10.1. The van der Waals surface area contributed by atoms with Gasteiger partial charge in [-0.3, -0.25) is 0 Å². The third-order valence-corrected chi connectivity index (χ3v) is 2.68. The van der Waals surface area contributed by atoms with Crippen LogP contribution in [-0.2, 0) is 4.74 Å². The number of rotatable bonds is 7. The fourth-order valence-electron chi connectivity index (χ4n) is 1.63. The first kappa shape index (κ1) is 16.0. The van der Waals surface area contributed by atoms with Crippen LogP contribution < -0.4 is 10.6 Å². The van der Waals surface area contributed by atoms with Crippen LogP contribution in [-0.4, -0.2) is 36.9 Å². The summed E-state index contributed by atoms with van der Waals surface area (Å²) in [7, 11) is 0. The predicted molar refractivity (Wildman–Crippen MR) is 76.3 cm³/mol. The minimum Gasteiger partial charge on any atom is -0.478 e. The summed E-state index contributed by atoms with van der Waals surface area (Å²) >= 11 is 0. The highest BCUT2D eigenvalue weighted by atomic mass is 16.5. The molecular formula is C14H20N2O4. The Labute approximate surface area is 118 Å². The van der Waals surface area contributed by atoms with Crippen molar-refractivity contribution in [1.82, 2.24) is 5.32 Å². The molecule has 0 saturated heterocycles. The van der Waals surface area contributed by atoms with Gasteiger partial charge in [0, 0.05) is 25.4 Å². The molecule has 1 rings (SSSR count). The van der Waals surface area contributed by atoms with Crippen LogP contribution in [0, 0.1) is 6.92 Å². The highest BCUT2D eigenvalue weighted by Crippen LogP contribution is 2.15. The van der Waals surface area contributed by atoms with Crippen molar-refractivity contribution in [1.29, 1.82) is 0 Å². The van der Waals surface area contributed by atoms with Crippen LogP contribution in [0.3, 0.4) is 0 Å². The Bertz CT molecular complexity index is 474. The Morgan fingerprint density at radius 1 is 1.35 bits per heavy atom. The molecule has 0 aliphatic carbocycles. The number of carbonyl (C=O) groups excluding carboxylic acids is 1. The molecule has 1 aromatic carbocycles. The van der Waals surface area contributed by atoms with Crippen molar-refractivity contribution in [3.63, 3.8) is 0 Å². The first-order valence-corrected chi connectivity index (χ1v) is 6.51. The van der Waals surface area contributed by atoms with Gasteiger partial charge in [-0.05, 0) is 38.0 Å². The number of hydrogen-bond donors (Lipinski definition) is 3. The van der Waals surface area contributed by atoms with Gasteiger partial charge in [0.1, 0.15) is 0 Å². The molecule has 0 unspecified atom stereocenters. The van der Waals surface area contributed by atoms with Gasteiger partial charge in [0.2, 0.25) is 0 Å². The number of aryl methyl sites for hydroxylation is 1. The standard InChI is InChI=1S/C14H20N2O4/c1-3-20-8-4-7-15-14(19)16-11-6-5-10(2)12(9-11)13(17)18/h5-6,9H,3-4,7-8H2,1-2H3,(H,17,18)(H2,15,16,19). The zero-order valence-corrected chi connectivity index (χ0v) is 11.7. The van der Waals surface area contributed by atoms with Crippen molar-refractivity contribution >= 4 is 17.7 Å². The van der Waals surface area contributed by atoms with Gasteiger partial charge in [0.25, 0.3) is 0 Å². The number of carbonyl (C=O) groups is 2. The number of amides is 2. The maximum Gasteiger partial charge on any atom is 0.336 e. The Morgan fingerprint density at radius 3 is 2.75 bits per heavy atom. The number of hydrogen-bond acceptors (Lipinski definition) is 3. The predicted octanol–water partition coefficient (Wildman–Crippen LogP) is 2.24. The Morgan fingerprint density at radius 2 is 2.10 bits per heavy atom. The van der Waals surface area contributed by atoms with E-state index in [1.807, 2.05) is 6.92 Å². The number of aromatic carboxylic acids is 1. The maximum absolute atomic E-state index is 11.6. The molecule has 2 amide bonds. The summed E-state index contributed by atoms with van der Waals surface area (Å²) in [5, 5.41) is 14.3. The first-order chi connectivity index (χ1) is 9.54. The van der Waals surface area contributed by atoms with Crippen LogP contribution in [0.2, 0.25) is 0 Å². The SMILES string of the molecule is CCOCCCNC(=O)Nc1ccc(C)c(C(=O)O)c1. The molecule has 0 fully saturated rings. The average molecular weight is 280 g/mol. The van der Waals surface area contributed by atoms with Crippen LogP contribution in [0.1, 0.15) is 29.3 Å². The van der Waals surface area contributed by atoms with Crippen molar-refractivity contribution in [3.05, 3.63) is 29.3 Å². The second-order valence-corrected chi connectivity index (χ2v) is 4.27. The van der Waals surface area contributed by atoms with Gasteiger partial charge in [-0.2, -0.15) is 0 Å². The zero-order chi connectivity index (χ0) is 15.0. The van der Waals surface area contributed by atoms with Crippen molar-refractivity contribution in [2.45, 2.75) is 20.3 Å². The van der Waals surface area contributed by atoms with Gasteiger partial charge < -0.3 is 20.5 Å². The highest BCUT2D eigenvalue weighted by Gasteiger charge is 2.09. The fraction of sp³-hybridized carbons (Fsp3) is 0.429. The van der Waals surface area contributed by atoms with Crippen LogP contribution in [0.25, 0.3) is 0 Å². The monoisotopic (exact) mass is 280 g/mol. The van der Waals surface area contributed by atoms with Crippen LogP contribution in [0.4, 0.5) is 10.5 Å². The van der Waals surface area contributed by atoms with Crippen LogP contribution in [0.5, 0.6) is 0 Å². The molecule has 0 aliphatic heterocycles. The molecular weight excluding hydrogens is 260 g/mol. The second kappa shape index (κ2) is 8.16. The minimum absolute atomic E-state index is 0.180. The molecule has 1 aromatic rings. The number of carboxylic acid groups (broad SMARTS) is 1. The van der Waals surface area contributed by atoms with E-state index in [-0.39, 0.29) is 11.6 Å². The third-order valence-electron chi connectivity index (χ3n) is 2.68. The summed E-state index contributed by atoms with van der Waals surface area (Å²) < 4.78 is 5.15. The molecule has 6 nitrogen and oxygen atoms in total. The number of benzene rings is 1. The van der Waals surface area contributed by atoms with Gasteiger partial charge in [0.05, 0.1) is 5.56 Å². The lowest BCUT2D eigenvalue weighted by molar-refractivity contribution is 0.0696. The molecule has 0 atom stereocenters. The number of carboxylic acids is 1. The zero-order valence-electron chi connectivity index (χ0n) is 11.7. The molecule has 3 N–H and O–H groups in total. The molecule has 0 aliphatic rings. The number of urea groups is 1. The topological polar surface area (TPSA) is 87.7 Å². The van der Waals surface area contributed by atoms with Gasteiger partial charge in [-0.15, -0.1) is 0 Å². The number of anilines is 1. The number of nitrogens with one attached hydrogen (secondary N) is 2. The molecule has 110 valence electrons. The Balaban J connectivity index is 2.46. The lowest BCUT2D eigenvalue weighted by Crippen LogP contribution is -2.30. The van der Waals surface area contributed by atoms with E-state index in [0.29, 0.717) is 31.0 Å². The highest BCUT2D eigenvalue weighted by molar-refractivity contribution is 5.94. The van der Waals surface area contributed by atoms with Crippen LogP contribution >= 0.6 is 0 Å². The molecule has 0 radical (unpaired) electrons. The van der Waals surface area contributed by atoms with Gasteiger partial charge in [-0.1, -0.05) is 6.07 Å². The average Bonchev–Trinajstić information content (AvgIpc) is 2.40. The van der Waals surface area contributed by atoms with Crippen molar-refractivity contribution in [3.8, 4) is 0 Å². The quantitative estimate of drug-likeness (QED) is 0.668. The molecule has 0 bridgehead atoms. The van der Waals surface area contributed by atoms with E-state index in [1.165, 1.54) is 6.07 Å². The van der Waals surface area contributed by atoms with E-state index in [9.17, 15) is 9.59 Å². The Hall–Kier alpha value is -2.08. The lowest BCUT2D eigenvalue weighted by Gasteiger charge is -2.09. The van der Waals surface area contributed by atoms with E-state index in [1.54, 1.807) is 19.1 Å². The largest absolute Gasteiger partial charge is 0.478 e. The van der Waals surface area contributed by atoms with Gasteiger partial charge >= 0.3 is 12.0 Å². The third kappa shape index (κ3) is 5.27. The summed E-state index contributed by atoms with van der Waals surface area (Å²) in [5.41, 5.74) is 1.29. The van der Waals surface area contributed by atoms with E-state index >= 15 is 0 Å². The fourth-order valence-corrected chi connectivity index (χ4v) is 1.63. The van der Waals surface area contributed by atoms with Crippen molar-refractivity contribution in [2.75, 3.05) is 25.1 Å². The molecule has 0 saturated carbocycles. The molecule has 0 heterocycles. The van der Waals surface area contributed by atoms with E-state index in [4.69, 9.17) is 9.84 Å². The smallest absolute Gasteiger partial charge is 0.336 e.